The fourth-order valence-electron chi connectivity index (χ4n) is 0. The van der Waals surface area contributed by atoms with Crippen LogP contribution >= 0.6 is 8.03 Å². The highest BCUT2D eigenvalue weighted by Gasteiger charge is 1.99. The van der Waals surface area contributed by atoms with Gasteiger partial charge in [0.05, 0.1) is 0 Å². The monoisotopic (exact) mass is 112 g/mol. The normalized spacial score (nSPS) is 15.3. The van der Waals surface area contributed by atoms with Crippen molar-refractivity contribution in [3.8, 4) is 0 Å². The summed E-state index contributed by atoms with van der Waals surface area (Å²) in [5.41, 5.74) is 0. The van der Waals surface area contributed by atoms with E-state index in [0.717, 1.165) is 0 Å². The summed E-state index contributed by atoms with van der Waals surface area (Å²) in [7, 11) is -3.09. The molecule has 0 saturated heterocycles. The molecule has 0 aliphatic carbocycles. The average Bonchev–Trinajstić information content (AvgIpc) is 1.36. The Balaban J connectivity index is 3.26. The quantitative estimate of drug-likeness (QED) is 0.291. The van der Waals surface area contributed by atoms with Gasteiger partial charge in [0.25, 0.3) is 0 Å². The zero-order chi connectivity index (χ0) is 5.15. The molecule has 1 unspecified atom stereocenters. The average molecular weight is 112 g/mol. The maximum atomic E-state index is 9.38. The lowest BCUT2D eigenvalue weighted by molar-refractivity contribution is 0.0251. The Kier molecular flexibility index (Phi) is 2.35. The van der Waals surface area contributed by atoms with E-state index in [1.807, 2.05) is 0 Å². The third-order valence-corrected chi connectivity index (χ3v) is 0.663. The zero-order valence-corrected chi connectivity index (χ0v) is 3.83. The van der Waals surface area contributed by atoms with Gasteiger partial charge < -0.3 is 15.1 Å². The maximum absolute atomic E-state index is 9.38. The Labute approximate surface area is 34.9 Å². The lowest BCUT2D eigenvalue weighted by atomic mass is 11.5. The van der Waals surface area contributed by atoms with Crippen LogP contribution in [0.4, 0.5) is 0 Å². The van der Waals surface area contributed by atoms with Gasteiger partial charge >= 0.3 is 0 Å². The summed E-state index contributed by atoms with van der Waals surface area (Å²) in [4.78, 5) is 7.68. The van der Waals surface area contributed by atoms with Crippen LogP contribution in [0.3, 0.4) is 0 Å². The minimum atomic E-state index is -3.09. The molecule has 3 N–H and O–H groups in total. The molecule has 0 bridgehead atoms. The molecule has 6 heavy (non-hydrogen) atoms. The molecule has 0 aliphatic rings. The standard InChI is InChI=1S/CH5O4P/c2-1(3)6(4)5/h1-3,6H,(H,4,5). The highest BCUT2D eigenvalue weighted by molar-refractivity contribution is 7.38. The topological polar surface area (TPSA) is 77.8 Å². The van der Waals surface area contributed by atoms with E-state index in [1.165, 1.54) is 0 Å². The summed E-state index contributed by atoms with van der Waals surface area (Å²) in [5.74, 6) is 0. The molecule has 0 rings (SSSR count). The van der Waals surface area contributed by atoms with Crippen molar-refractivity contribution >= 4 is 8.03 Å². The van der Waals surface area contributed by atoms with Crippen LogP contribution in [0.5, 0.6) is 0 Å². The number of aliphatic hydroxyl groups excluding tert-OH is 1. The van der Waals surface area contributed by atoms with E-state index in [4.69, 9.17) is 15.1 Å². The van der Waals surface area contributed by atoms with Crippen molar-refractivity contribution in [2.24, 2.45) is 0 Å². The Morgan fingerprint density at radius 1 is 1.50 bits per heavy atom. The molecule has 4 nitrogen and oxygen atoms in total. The van der Waals surface area contributed by atoms with Crippen LogP contribution in [-0.4, -0.2) is 21.1 Å². The summed E-state index contributed by atoms with van der Waals surface area (Å²) < 4.78 is 9.38. The predicted molar refractivity (Wildman–Crippen MR) is 19.4 cm³/mol. The molecular formula is CH5O4P. The van der Waals surface area contributed by atoms with Gasteiger partial charge in [-0.1, -0.05) is 0 Å². The van der Waals surface area contributed by atoms with Crippen molar-refractivity contribution in [3.63, 3.8) is 0 Å². The third-order valence-electron chi connectivity index (χ3n) is 0.221. The van der Waals surface area contributed by atoms with Gasteiger partial charge in [-0.15, -0.1) is 0 Å². The summed E-state index contributed by atoms with van der Waals surface area (Å²) in [5, 5.41) is 15.3. The van der Waals surface area contributed by atoms with E-state index in [9.17, 15) is 4.57 Å². The second-order valence-electron chi connectivity index (χ2n) is 0.712. The molecule has 0 heterocycles. The van der Waals surface area contributed by atoms with E-state index < -0.39 is 14.1 Å². The zero-order valence-electron chi connectivity index (χ0n) is 2.83. The summed E-state index contributed by atoms with van der Waals surface area (Å²) in [6, 6.07) is -2.05. The van der Waals surface area contributed by atoms with Crippen LogP contribution in [0.25, 0.3) is 0 Å². The first-order valence-electron chi connectivity index (χ1n) is 1.23. The molecule has 0 aromatic heterocycles. The molecule has 38 valence electrons. The van der Waals surface area contributed by atoms with Gasteiger partial charge in [0, 0.05) is 0 Å². The van der Waals surface area contributed by atoms with Gasteiger partial charge in [0.1, 0.15) is 0 Å². The molecule has 0 radical (unpaired) electrons. The van der Waals surface area contributed by atoms with Crippen molar-refractivity contribution in [1.82, 2.24) is 0 Å². The van der Waals surface area contributed by atoms with Crippen LogP contribution in [0, 0.1) is 0 Å². The largest absolute Gasteiger partial charge is 0.361 e. The van der Waals surface area contributed by atoms with Crippen molar-refractivity contribution in [2.45, 2.75) is 6.03 Å². The SMILES string of the molecule is O=[PH](O)C(O)O. The Bertz CT molecular complexity index is 58.6. The van der Waals surface area contributed by atoms with Crippen LogP contribution in [-0.2, 0) is 4.57 Å². The molecule has 0 saturated carbocycles. The Hall–Kier alpha value is 0.110. The first-order valence-corrected chi connectivity index (χ1v) is 2.67. The van der Waals surface area contributed by atoms with E-state index in [2.05, 4.69) is 0 Å². The Morgan fingerprint density at radius 3 is 1.67 bits per heavy atom. The predicted octanol–water partition coefficient (Wildman–Crippen LogP) is -1.28. The van der Waals surface area contributed by atoms with Gasteiger partial charge in [0.15, 0.2) is 0 Å². The second kappa shape index (κ2) is 2.31. The molecule has 0 amide bonds. The van der Waals surface area contributed by atoms with Crippen LogP contribution in [0.2, 0.25) is 0 Å². The fourth-order valence-corrected chi connectivity index (χ4v) is 0. The lowest BCUT2D eigenvalue weighted by Crippen LogP contribution is -1.94. The molecule has 0 fully saturated rings. The van der Waals surface area contributed by atoms with Crippen molar-refractivity contribution in [1.29, 1.82) is 0 Å². The number of rotatable bonds is 1. The van der Waals surface area contributed by atoms with Crippen molar-refractivity contribution in [3.05, 3.63) is 0 Å². The van der Waals surface area contributed by atoms with Crippen LogP contribution < -0.4 is 0 Å². The summed E-state index contributed by atoms with van der Waals surface area (Å²) in [6.45, 7) is 0. The Morgan fingerprint density at radius 2 is 1.67 bits per heavy atom. The highest BCUT2D eigenvalue weighted by atomic mass is 31.1. The lowest BCUT2D eigenvalue weighted by Gasteiger charge is -1.90. The summed E-state index contributed by atoms with van der Waals surface area (Å²) in [6.07, 6.45) is 0. The fraction of sp³-hybridized carbons (Fsp3) is 1.00. The van der Waals surface area contributed by atoms with E-state index in [-0.39, 0.29) is 0 Å². The van der Waals surface area contributed by atoms with Crippen LogP contribution in [0.1, 0.15) is 0 Å². The molecule has 1 atom stereocenters. The molecule has 5 heteroatoms. The highest BCUT2D eigenvalue weighted by Crippen LogP contribution is 2.15. The molecule has 0 aromatic carbocycles. The van der Waals surface area contributed by atoms with E-state index in [1.54, 1.807) is 0 Å². The number of aliphatic hydroxyl groups is 2. The van der Waals surface area contributed by atoms with Gasteiger partial charge in [-0.05, 0) is 0 Å². The first-order chi connectivity index (χ1) is 2.64. The van der Waals surface area contributed by atoms with Gasteiger partial charge in [0.2, 0.25) is 14.1 Å². The molecular weight excluding hydrogens is 107 g/mol. The van der Waals surface area contributed by atoms with Gasteiger partial charge in [-0.25, -0.2) is 0 Å². The molecule has 0 aromatic rings. The van der Waals surface area contributed by atoms with Gasteiger partial charge in [-0.2, -0.15) is 0 Å². The minimum Gasteiger partial charge on any atom is -0.361 e. The molecule has 0 aliphatic heterocycles. The summed E-state index contributed by atoms with van der Waals surface area (Å²) >= 11 is 0. The van der Waals surface area contributed by atoms with Gasteiger partial charge in [-0.3, -0.25) is 4.57 Å². The van der Waals surface area contributed by atoms with E-state index >= 15 is 0 Å². The maximum Gasteiger partial charge on any atom is 0.243 e. The van der Waals surface area contributed by atoms with E-state index in [0.29, 0.717) is 0 Å². The second-order valence-corrected chi connectivity index (χ2v) is 1.90. The minimum absolute atomic E-state index is 2.05. The third kappa shape index (κ3) is 2.35. The number of hydrogen-bond donors (Lipinski definition) is 3. The van der Waals surface area contributed by atoms with Crippen molar-refractivity contribution < 1.29 is 19.7 Å². The smallest absolute Gasteiger partial charge is 0.243 e. The van der Waals surface area contributed by atoms with Crippen molar-refractivity contribution in [2.75, 3.05) is 0 Å². The number of hydrogen-bond acceptors (Lipinski definition) is 3. The molecule has 0 spiro atoms. The first kappa shape index (κ1) is 6.11. The van der Waals surface area contributed by atoms with Crippen LogP contribution in [0.15, 0.2) is 0 Å².